The zero-order valence-corrected chi connectivity index (χ0v) is 24.0. The molecule has 6 heterocycles. The van der Waals surface area contributed by atoms with Crippen LogP contribution in [0.1, 0.15) is 30.9 Å². The lowest BCUT2D eigenvalue weighted by Crippen LogP contribution is -2.41. The molecule has 0 bridgehead atoms. The molecule has 1 saturated carbocycles. The highest BCUT2D eigenvalue weighted by Gasteiger charge is 2.46. The summed E-state index contributed by atoms with van der Waals surface area (Å²) in [4.78, 5) is 11.7. The Morgan fingerprint density at radius 1 is 0.976 bits per heavy atom. The van der Waals surface area contributed by atoms with Crippen LogP contribution in [-0.2, 0) is 13.6 Å². The maximum Gasteiger partial charge on any atom is 0.212 e. The van der Waals surface area contributed by atoms with Crippen LogP contribution in [0.3, 0.4) is 0 Å². The molecule has 42 heavy (non-hydrogen) atoms. The number of aryl methyl sites for hydroxylation is 1. The Hall–Kier alpha value is -4.75. The summed E-state index contributed by atoms with van der Waals surface area (Å²) in [5.74, 6) is 2.92. The minimum Gasteiger partial charge on any atom is -0.481 e. The van der Waals surface area contributed by atoms with Gasteiger partial charge in [-0.15, -0.1) is 0 Å². The van der Waals surface area contributed by atoms with Crippen LogP contribution in [0.5, 0.6) is 5.88 Å². The summed E-state index contributed by atoms with van der Waals surface area (Å²) >= 11 is 0. The lowest BCUT2D eigenvalue weighted by atomic mass is 9.97. The van der Waals surface area contributed by atoms with Gasteiger partial charge in [0, 0.05) is 85.3 Å². The number of ether oxygens (including phenoxy) is 1. The topological polar surface area (TPSA) is 109 Å². The molecule has 0 aromatic carbocycles. The van der Waals surface area contributed by atoms with Gasteiger partial charge in [0.15, 0.2) is 0 Å². The Balaban J connectivity index is 1.06. The van der Waals surface area contributed by atoms with Gasteiger partial charge in [-0.25, -0.2) is 14.5 Å². The first-order valence-corrected chi connectivity index (χ1v) is 14.3. The van der Waals surface area contributed by atoms with Crippen molar-refractivity contribution in [2.75, 3.05) is 25.1 Å². The Labute approximate surface area is 244 Å². The van der Waals surface area contributed by atoms with Crippen molar-refractivity contribution < 1.29 is 4.74 Å². The zero-order valence-electron chi connectivity index (χ0n) is 24.0. The maximum absolute atomic E-state index is 9.75. The van der Waals surface area contributed by atoms with Crippen molar-refractivity contribution in [2.24, 2.45) is 18.9 Å². The van der Waals surface area contributed by atoms with Gasteiger partial charge < -0.3 is 15.0 Å². The monoisotopic (exact) mass is 559 g/mol. The van der Waals surface area contributed by atoms with Crippen molar-refractivity contribution in [3.63, 3.8) is 0 Å². The summed E-state index contributed by atoms with van der Waals surface area (Å²) in [6.45, 7) is 5.19. The number of nitriles is 1. The van der Waals surface area contributed by atoms with Crippen molar-refractivity contribution >= 4 is 11.3 Å². The third-order valence-corrected chi connectivity index (χ3v) is 8.88. The number of rotatable bonds is 7. The Morgan fingerprint density at radius 2 is 1.81 bits per heavy atom. The number of anilines is 1. The van der Waals surface area contributed by atoms with Crippen LogP contribution in [0.2, 0.25) is 0 Å². The quantitative estimate of drug-likeness (QED) is 0.311. The molecule has 1 N–H and O–H groups in total. The number of nitrogens with one attached hydrogen (secondary N) is 1. The van der Waals surface area contributed by atoms with Crippen molar-refractivity contribution in [3.8, 4) is 34.2 Å². The molecular formula is C32H33N9O. The van der Waals surface area contributed by atoms with E-state index in [0.717, 1.165) is 66.1 Å². The standard InChI is InChI=1S/C32H33N9O/c1-32(36-13-21-4-7-30(42-3)35-12-21)9-24-18-40(19-25(24)10-32)29-6-5-22(14-34-29)28-8-23(27-16-37-39(2)17-27)20-41-31(28)26(11-33)15-38-41/h4-8,12,14-17,20,24-25,36H,9-10,13,18-19H2,1-3H3/t24-,25+,32?. The summed E-state index contributed by atoms with van der Waals surface area (Å²) in [6, 6.07) is 12.6. The predicted molar refractivity (Wildman–Crippen MR) is 160 cm³/mol. The van der Waals surface area contributed by atoms with Gasteiger partial charge in [-0.05, 0) is 55.4 Å². The number of methoxy groups -OCH3 is 1. The molecule has 1 saturated heterocycles. The SMILES string of the molecule is COc1ccc(CNC2(C)C[C@H]3CN(c4ccc(-c5cc(-c6cnn(C)c6)cn6ncc(C#N)c56)cn4)C[C@H]3C2)cn1. The van der Waals surface area contributed by atoms with Crippen LogP contribution in [0.4, 0.5) is 5.82 Å². The molecule has 10 heteroatoms. The van der Waals surface area contributed by atoms with E-state index in [2.05, 4.69) is 62.7 Å². The number of aromatic nitrogens is 6. The van der Waals surface area contributed by atoms with Gasteiger partial charge >= 0.3 is 0 Å². The van der Waals surface area contributed by atoms with Gasteiger partial charge in [0.1, 0.15) is 11.9 Å². The highest BCUT2D eigenvalue weighted by Crippen LogP contribution is 2.45. The molecule has 3 atom stereocenters. The second-order valence-electron chi connectivity index (χ2n) is 11.9. The minimum atomic E-state index is 0.118. The van der Waals surface area contributed by atoms with E-state index in [-0.39, 0.29) is 5.54 Å². The first-order valence-electron chi connectivity index (χ1n) is 14.3. The van der Waals surface area contributed by atoms with Crippen molar-refractivity contribution in [2.45, 2.75) is 31.8 Å². The molecule has 2 fully saturated rings. The van der Waals surface area contributed by atoms with E-state index in [1.807, 2.05) is 44.1 Å². The Morgan fingerprint density at radius 3 is 2.45 bits per heavy atom. The van der Waals surface area contributed by atoms with Crippen LogP contribution in [-0.4, -0.2) is 55.1 Å². The Kier molecular flexibility index (Phi) is 6.39. The van der Waals surface area contributed by atoms with E-state index >= 15 is 0 Å². The van der Waals surface area contributed by atoms with E-state index < -0.39 is 0 Å². The molecule has 7 rings (SSSR count). The summed E-state index contributed by atoms with van der Waals surface area (Å²) < 4.78 is 8.74. The van der Waals surface area contributed by atoms with Gasteiger partial charge in [-0.3, -0.25) is 4.68 Å². The molecular weight excluding hydrogens is 526 g/mol. The molecule has 0 radical (unpaired) electrons. The van der Waals surface area contributed by atoms with Crippen LogP contribution in [0, 0.1) is 23.2 Å². The summed E-state index contributed by atoms with van der Waals surface area (Å²) in [5.41, 5.74) is 6.46. The third-order valence-electron chi connectivity index (χ3n) is 8.88. The van der Waals surface area contributed by atoms with E-state index in [4.69, 9.17) is 9.72 Å². The summed E-state index contributed by atoms with van der Waals surface area (Å²) in [6.07, 6.45) is 13.5. The number of pyridine rings is 3. The van der Waals surface area contributed by atoms with Gasteiger partial charge in [-0.2, -0.15) is 15.5 Å². The molecule has 5 aromatic heterocycles. The van der Waals surface area contributed by atoms with E-state index in [1.54, 1.807) is 22.5 Å². The molecule has 1 unspecified atom stereocenters. The summed E-state index contributed by atoms with van der Waals surface area (Å²) in [5, 5.41) is 22.3. The number of hydrogen-bond donors (Lipinski definition) is 1. The molecule has 0 amide bonds. The van der Waals surface area contributed by atoms with E-state index in [0.29, 0.717) is 23.3 Å². The molecule has 1 aliphatic heterocycles. The molecule has 212 valence electrons. The van der Waals surface area contributed by atoms with Gasteiger partial charge in [0.2, 0.25) is 5.88 Å². The second kappa shape index (κ2) is 10.3. The Bertz CT molecular complexity index is 1770. The highest BCUT2D eigenvalue weighted by molar-refractivity contribution is 5.87. The highest BCUT2D eigenvalue weighted by atomic mass is 16.5. The van der Waals surface area contributed by atoms with Crippen LogP contribution < -0.4 is 15.0 Å². The fourth-order valence-electron chi connectivity index (χ4n) is 6.81. The van der Waals surface area contributed by atoms with Crippen LogP contribution >= 0.6 is 0 Å². The van der Waals surface area contributed by atoms with Crippen molar-refractivity contribution in [1.82, 2.24) is 34.7 Å². The fourth-order valence-corrected chi connectivity index (χ4v) is 6.81. The van der Waals surface area contributed by atoms with Crippen molar-refractivity contribution in [3.05, 3.63) is 78.6 Å². The van der Waals surface area contributed by atoms with Gasteiger partial charge in [-0.1, -0.05) is 6.07 Å². The largest absolute Gasteiger partial charge is 0.481 e. The smallest absolute Gasteiger partial charge is 0.212 e. The molecule has 1 aliphatic carbocycles. The van der Waals surface area contributed by atoms with E-state index in [9.17, 15) is 5.26 Å². The van der Waals surface area contributed by atoms with Crippen molar-refractivity contribution in [1.29, 1.82) is 5.26 Å². The van der Waals surface area contributed by atoms with Crippen LogP contribution in [0.25, 0.3) is 27.8 Å². The number of nitrogens with zero attached hydrogens (tertiary/aromatic N) is 8. The average Bonchev–Trinajstić information content (AvgIpc) is 3.79. The normalized spacial score (nSPS) is 21.5. The van der Waals surface area contributed by atoms with Gasteiger partial charge in [0.05, 0.1) is 30.6 Å². The first-order chi connectivity index (χ1) is 20.4. The zero-order chi connectivity index (χ0) is 28.8. The van der Waals surface area contributed by atoms with Crippen LogP contribution in [0.15, 0.2) is 67.5 Å². The minimum absolute atomic E-state index is 0.118. The number of fused-ring (bicyclic) bond motifs is 2. The maximum atomic E-state index is 9.75. The van der Waals surface area contributed by atoms with Gasteiger partial charge in [0.25, 0.3) is 0 Å². The average molecular weight is 560 g/mol. The second-order valence-corrected chi connectivity index (χ2v) is 11.9. The van der Waals surface area contributed by atoms with E-state index in [1.165, 1.54) is 5.56 Å². The molecule has 0 spiro atoms. The molecule has 5 aromatic rings. The summed E-state index contributed by atoms with van der Waals surface area (Å²) in [7, 11) is 3.54. The lowest BCUT2D eigenvalue weighted by Gasteiger charge is -2.29. The molecule has 10 nitrogen and oxygen atoms in total. The fraction of sp³-hybridized carbons (Fsp3) is 0.344. The lowest BCUT2D eigenvalue weighted by molar-refractivity contribution is 0.340. The molecule has 2 aliphatic rings. The third kappa shape index (κ3) is 4.76. The first kappa shape index (κ1) is 26.2. The predicted octanol–water partition coefficient (Wildman–Crippen LogP) is 4.47. The number of hydrogen-bond acceptors (Lipinski definition) is 8.